The van der Waals surface area contributed by atoms with Gasteiger partial charge in [0, 0.05) is 16.1 Å². The maximum atomic E-state index is 13.3. The van der Waals surface area contributed by atoms with Crippen molar-refractivity contribution in [1.29, 1.82) is 0 Å². The van der Waals surface area contributed by atoms with Gasteiger partial charge in [0.2, 0.25) is 0 Å². The van der Waals surface area contributed by atoms with Crippen LogP contribution in [-0.2, 0) is 0 Å². The second kappa shape index (κ2) is 7.04. The molecule has 0 aliphatic heterocycles. The molecule has 0 saturated carbocycles. The van der Waals surface area contributed by atoms with Crippen molar-refractivity contribution in [2.75, 3.05) is 0 Å². The zero-order valence-corrected chi connectivity index (χ0v) is 12.6. The van der Waals surface area contributed by atoms with Crippen molar-refractivity contribution in [3.8, 4) is 5.75 Å². The van der Waals surface area contributed by atoms with Crippen LogP contribution in [0.25, 0.3) is 0 Å². The highest BCUT2D eigenvalue weighted by Gasteiger charge is 2.10. The fraction of sp³-hybridized carbons (Fsp3) is 0.125. The van der Waals surface area contributed by atoms with Gasteiger partial charge in [0.05, 0.1) is 5.71 Å². The smallest absolute Gasteiger partial charge is 0.271 e. The summed E-state index contributed by atoms with van der Waals surface area (Å²) in [5, 5.41) is 14.3. The maximum Gasteiger partial charge on any atom is 0.271 e. The quantitative estimate of drug-likeness (QED) is 0.666. The Balaban J connectivity index is 2.20. The third-order valence-corrected chi connectivity index (χ3v) is 3.26. The molecule has 0 aliphatic carbocycles. The van der Waals surface area contributed by atoms with E-state index in [0.29, 0.717) is 22.7 Å². The number of nitrogens with one attached hydrogen (secondary N) is 1. The number of hydrazone groups is 1. The van der Waals surface area contributed by atoms with Crippen LogP contribution in [0.4, 0.5) is 4.39 Å². The summed E-state index contributed by atoms with van der Waals surface area (Å²) in [6.45, 7) is 1.79. The Morgan fingerprint density at radius 2 is 1.95 bits per heavy atom. The number of hydrogen-bond donors (Lipinski definition) is 2. The Morgan fingerprint density at radius 3 is 2.59 bits per heavy atom. The molecule has 0 heterocycles. The molecule has 0 saturated heterocycles. The Bertz CT molecular complexity index is 715. The van der Waals surface area contributed by atoms with Crippen LogP contribution in [0.15, 0.2) is 47.6 Å². The Labute approximate surface area is 132 Å². The second-order valence-electron chi connectivity index (χ2n) is 4.52. The fourth-order valence-electron chi connectivity index (χ4n) is 1.85. The predicted molar refractivity (Wildman–Crippen MR) is 83.8 cm³/mol. The summed E-state index contributed by atoms with van der Waals surface area (Å²) in [6, 6.07) is 9.90. The normalized spacial score (nSPS) is 11.3. The molecular weight excluding hydrogens is 307 g/mol. The fourth-order valence-corrected chi connectivity index (χ4v) is 1.98. The molecule has 0 aliphatic rings. The van der Waals surface area contributed by atoms with Gasteiger partial charge in [-0.1, -0.05) is 18.5 Å². The highest BCUT2D eigenvalue weighted by molar-refractivity contribution is 6.30. The largest absolute Gasteiger partial charge is 0.507 e. The third kappa shape index (κ3) is 3.83. The summed E-state index contributed by atoms with van der Waals surface area (Å²) >= 11 is 5.76. The number of phenols is 1. The number of amides is 1. The second-order valence-corrected chi connectivity index (χ2v) is 4.96. The first-order chi connectivity index (χ1) is 10.5. The molecule has 2 aromatic rings. The highest BCUT2D eigenvalue weighted by atomic mass is 35.5. The minimum Gasteiger partial charge on any atom is -0.507 e. The lowest BCUT2D eigenvalue weighted by Crippen LogP contribution is -2.20. The van der Waals surface area contributed by atoms with Gasteiger partial charge in [0.1, 0.15) is 11.6 Å². The number of benzene rings is 2. The zero-order valence-electron chi connectivity index (χ0n) is 11.8. The first kappa shape index (κ1) is 16.0. The summed E-state index contributed by atoms with van der Waals surface area (Å²) in [7, 11) is 0. The van der Waals surface area contributed by atoms with E-state index in [1.165, 1.54) is 12.1 Å². The number of carbonyl (C=O) groups excluding carboxylic acids is 1. The number of rotatable bonds is 4. The summed E-state index contributed by atoms with van der Waals surface area (Å²) in [4.78, 5) is 12.0. The van der Waals surface area contributed by atoms with Crippen LogP contribution in [-0.4, -0.2) is 16.7 Å². The van der Waals surface area contributed by atoms with E-state index in [2.05, 4.69) is 10.5 Å². The monoisotopic (exact) mass is 320 g/mol. The van der Waals surface area contributed by atoms with Crippen molar-refractivity contribution >= 4 is 23.2 Å². The molecule has 2 aromatic carbocycles. The van der Waals surface area contributed by atoms with E-state index in [4.69, 9.17) is 11.6 Å². The topological polar surface area (TPSA) is 61.7 Å². The predicted octanol–water partition coefficient (Wildman–Crippen LogP) is 3.73. The Hall–Kier alpha value is -2.40. The van der Waals surface area contributed by atoms with Gasteiger partial charge in [0.15, 0.2) is 0 Å². The van der Waals surface area contributed by atoms with E-state index in [1.54, 1.807) is 31.2 Å². The molecular formula is C16H14ClFN2O2. The zero-order chi connectivity index (χ0) is 16.1. The van der Waals surface area contributed by atoms with Crippen molar-refractivity contribution in [1.82, 2.24) is 5.43 Å². The molecule has 2 rings (SSSR count). The average molecular weight is 321 g/mol. The van der Waals surface area contributed by atoms with Crippen LogP contribution >= 0.6 is 11.6 Å². The van der Waals surface area contributed by atoms with Gasteiger partial charge in [-0.2, -0.15) is 5.10 Å². The van der Waals surface area contributed by atoms with Gasteiger partial charge in [-0.3, -0.25) is 4.79 Å². The van der Waals surface area contributed by atoms with Crippen molar-refractivity contribution in [2.24, 2.45) is 5.10 Å². The summed E-state index contributed by atoms with van der Waals surface area (Å²) in [5.41, 5.74) is 3.41. The van der Waals surface area contributed by atoms with Crippen LogP contribution < -0.4 is 5.43 Å². The van der Waals surface area contributed by atoms with Crippen molar-refractivity contribution < 1.29 is 14.3 Å². The van der Waals surface area contributed by atoms with Crippen LogP contribution in [0.5, 0.6) is 5.75 Å². The van der Waals surface area contributed by atoms with Gasteiger partial charge in [-0.25, -0.2) is 9.82 Å². The minimum atomic E-state index is -0.488. The highest BCUT2D eigenvalue weighted by Crippen LogP contribution is 2.20. The van der Waals surface area contributed by atoms with E-state index in [9.17, 15) is 14.3 Å². The molecule has 22 heavy (non-hydrogen) atoms. The van der Waals surface area contributed by atoms with Crippen molar-refractivity contribution in [3.05, 3.63) is 64.4 Å². The van der Waals surface area contributed by atoms with Crippen LogP contribution in [0.3, 0.4) is 0 Å². The number of hydrogen-bond acceptors (Lipinski definition) is 3. The number of carbonyl (C=O) groups is 1. The van der Waals surface area contributed by atoms with E-state index in [1.807, 2.05) is 0 Å². The third-order valence-electron chi connectivity index (χ3n) is 3.00. The number of halogens is 2. The number of nitrogens with zero attached hydrogens (tertiary/aromatic N) is 1. The summed E-state index contributed by atoms with van der Waals surface area (Å²) in [5.74, 6) is -1.00. The molecule has 0 radical (unpaired) electrons. The van der Waals surface area contributed by atoms with Crippen LogP contribution in [0.1, 0.15) is 29.3 Å². The van der Waals surface area contributed by atoms with Crippen molar-refractivity contribution in [2.45, 2.75) is 13.3 Å². The molecule has 2 N–H and O–H groups in total. The molecule has 1 amide bonds. The Kier molecular flexibility index (Phi) is 5.12. The molecule has 6 heteroatoms. The minimum absolute atomic E-state index is 0.0947. The summed E-state index contributed by atoms with van der Waals surface area (Å²) in [6.07, 6.45) is 0.415. The lowest BCUT2D eigenvalue weighted by Gasteiger charge is -2.07. The summed E-state index contributed by atoms with van der Waals surface area (Å²) < 4.78 is 13.3. The number of phenolic OH excluding ortho intramolecular Hbond substituents is 1. The molecule has 0 atom stereocenters. The van der Waals surface area contributed by atoms with E-state index in [0.717, 1.165) is 6.07 Å². The van der Waals surface area contributed by atoms with Crippen LogP contribution in [0, 0.1) is 5.82 Å². The number of aromatic hydroxyl groups is 1. The van der Waals surface area contributed by atoms with Gasteiger partial charge in [-0.05, 0) is 48.9 Å². The first-order valence-corrected chi connectivity index (χ1v) is 7.00. The average Bonchev–Trinajstić information content (AvgIpc) is 2.51. The van der Waals surface area contributed by atoms with Gasteiger partial charge < -0.3 is 5.11 Å². The van der Waals surface area contributed by atoms with E-state index in [-0.39, 0.29) is 11.3 Å². The lowest BCUT2D eigenvalue weighted by atomic mass is 10.1. The van der Waals surface area contributed by atoms with E-state index >= 15 is 0 Å². The maximum absolute atomic E-state index is 13.3. The van der Waals surface area contributed by atoms with Gasteiger partial charge in [-0.15, -0.1) is 0 Å². The molecule has 0 spiro atoms. The SMILES string of the molecule is CCC(=NNC(=O)c1ccc(Cl)cc1)c1cc(F)ccc1O. The molecule has 4 nitrogen and oxygen atoms in total. The molecule has 114 valence electrons. The molecule has 0 aromatic heterocycles. The van der Waals surface area contributed by atoms with Crippen molar-refractivity contribution in [3.63, 3.8) is 0 Å². The standard InChI is InChI=1S/C16H14ClFN2O2/c1-2-14(13-9-12(18)7-8-15(13)21)19-20-16(22)10-3-5-11(17)6-4-10/h3-9,21H,2H2,1H3,(H,20,22). The molecule has 0 unspecified atom stereocenters. The van der Waals surface area contributed by atoms with Crippen LogP contribution in [0.2, 0.25) is 5.02 Å². The Morgan fingerprint density at radius 1 is 1.27 bits per heavy atom. The van der Waals surface area contributed by atoms with Gasteiger partial charge >= 0.3 is 0 Å². The van der Waals surface area contributed by atoms with E-state index < -0.39 is 11.7 Å². The lowest BCUT2D eigenvalue weighted by molar-refractivity contribution is 0.0955. The first-order valence-electron chi connectivity index (χ1n) is 6.62. The van der Waals surface area contributed by atoms with Gasteiger partial charge in [0.25, 0.3) is 5.91 Å². The molecule has 0 bridgehead atoms. The molecule has 0 fully saturated rings.